The number of fused-ring (bicyclic) bond motifs is 1. The molecule has 0 aliphatic rings. The molecule has 3 aromatic carbocycles. The van der Waals surface area contributed by atoms with E-state index in [9.17, 15) is 5.26 Å². The summed E-state index contributed by atoms with van der Waals surface area (Å²) in [4.78, 5) is 3.12. The lowest BCUT2D eigenvalue weighted by Crippen LogP contribution is -1.92. The summed E-state index contributed by atoms with van der Waals surface area (Å²) in [6.45, 7) is 0. The number of aromatic nitrogens is 1. The number of hydrogen-bond acceptors (Lipinski definition) is 3. The Kier molecular flexibility index (Phi) is 4.27. The Morgan fingerprint density at radius 2 is 1.44 bits per heavy atom. The maximum absolute atomic E-state index is 9.25. The number of methoxy groups -OCH3 is 2. The van der Waals surface area contributed by atoms with Crippen LogP contribution in [0.15, 0.2) is 66.9 Å². The van der Waals surface area contributed by atoms with E-state index in [2.05, 4.69) is 41.4 Å². The molecule has 1 aromatic heterocycles. The van der Waals surface area contributed by atoms with Gasteiger partial charge in [0.25, 0.3) is 0 Å². The second-order valence-electron chi connectivity index (χ2n) is 6.19. The molecule has 0 bridgehead atoms. The van der Waals surface area contributed by atoms with Crippen LogP contribution in [0.1, 0.15) is 5.56 Å². The summed E-state index contributed by atoms with van der Waals surface area (Å²) < 4.78 is 11.0. The van der Waals surface area contributed by atoms with Crippen LogP contribution in [-0.4, -0.2) is 19.2 Å². The average molecular weight is 354 g/mol. The van der Waals surface area contributed by atoms with E-state index < -0.39 is 0 Å². The van der Waals surface area contributed by atoms with E-state index in [4.69, 9.17) is 9.47 Å². The van der Waals surface area contributed by atoms with E-state index in [1.54, 1.807) is 20.4 Å². The molecule has 0 radical (unpaired) electrons. The van der Waals surface area contributed by atoms with Crippen molar-refractivity contribution in [2.75, 3.05) is 14.2 Å². The van der Waals surface area contributed by atoms with Crippen LogP contribution < -0.4 is 9.47 Å². The van der Waals surface area contributed by atoms with Gasteiger partial charge in [-0.2, -0.15) is 5.26 Å². The van der Waals surface area contributed by atoms with Gasteiger partial charge in [0.1, 0.15) is 17.6 Å². The van der Waals surface area contributed by atoms with Crippen molar-refractivity contribution < 1.29 is 9.47 Å². The summed E-state index contributed by atoms with van der Waals surface area (Å²) >= 11 is 0. The van der Waals surface area contributed by atoms with Crippen molar-refractivity contribution in [1.29, 1.82) is 5.26 Å². The number of nitriles is 1. The molecule has 0 saturated carbocycles. The van der Waals surface area contributed by atoms with Gasteiger partial charge in [0.2, 0.25) is 0 Å². The third kappa shape index (κ3) is 2.90. The number of aromatic amines is 1. The van der Waals surface area contributed by atoms with Gasteiger partial charge in [-0.05, 0) is 41.0 Å². The molecule has 132 valence electrons. The summed E-state index contributed by atoms with van der Waals surface area (Å²) in [6.07, 6.45) is 1.74. The fourth-order valence-electron chi connectivity index (χ4n) is 3.36. The zero-order valence-corrected chi connectivity index (χ0v) is 15.1. The largest absolute Gasteiger partial charge is 0.496 e. The normalized spacial score (nSPS) is 10.6. The SMILES string of the molecule is COc1cccc(OC)c1-c1ccc(-c2ccc3[nH]cc(C#N)c3c2)cc1. The molecule has 0 amide bonds. The highest BCUT2D eigenvalue weighted by Gasteiger charge is 2.12. The minimum absolute atomic E-state index is 0.655. The molecule has 0 aliphatic heterocycles. The highest BCUT2D eigenvalue weighted by molar-refractivity contribution is 5.90. The molecule has 4 nitrogen and oxygen atoms in total. The van der Waals surface area contributed by atoms with Gasteiger partial charge in [-0.15, -0.1) is 0 Å². The van der Waals surface area contributed by atoms with Gasteiger partial charge in [0.15, 0.2) is 0 Å². The van der Waals surface area contributed by atoms with E-state index >= 15 is 0 Å². The smallest absolute Gasteiger partial charge is 0.130 e. The molecule has 0 fully saturated rings. The van der Waals surface area contributed by atoms with Crippen molar-refractivity contribution in [1.82, 2.24) is 4.98 Å². The number of rotatable bonds is 4. The standard InChI is InChI=1S/C23H18N2O2/c1-26-21-4-3-5-22(27-2)23(21)16-8-6-15(7-9-16)17-10-11-20-19(12-17)18(13-24)14-25-20/h3-12,14,25H,1-2H3. The zero-order valence-electron chi connectivity index (χ0n) is 15.1. The first-order valence-electron chi connectivity index (χ1n) is 8.58. The molecule has 4 aromatic rings. The molecule has 0 spiro atoms. The van der Waals surface area contributed by atoms with Gasteiger partial charge in [-0.3, -0.25) is 0 Å². The first-order valence-corrected chi connectivity index (χ1v) is 8.58. The molecule has 1 N–H and O–H groups in total. The maximum atomic E-state index is 9.25. The van der Waals surface area contributed by atoms with E-state index in [1.165, 1.54) is 0 Å². The Morgan fingerprint density at radius 3 is 2.07 bits per heavy atom. The van der Waals surface area contributed by atoms with Crippen molar-refractivity contribution in [3.8, 4) is 39.8 Å². The second-order valence-corrected chi connectivity index (χ2v) is 6.19. The molecule has 0 unspecified atom stereocenters. The number of nitrogens with zero attached hydrogens (tertiary/aromatic N) is 1. The predicted molar refractivity (Wildman–Crippen MR) is 107 cm³/mol. The third-order valence-electron chi connectivity index (χ3n) is 4.74. The molecule has 1 heterocycles. The summed E-state index contributed by atoms with van der Waals surface area (Å²) in [6, 6.07) is 22.3. The van der Waals surface area contributed by atoms with Crippen LogP contribution in [-0.2, 0) is 0 Å². The number of hydrogen-bond donors (Lipinski definition) is 1. The molecule has 0 atom stereocenters. The lowest BCUT2D eigenvalue weighted by atomic mass is 9.98. The van der Waals surface area contributed by atoms with Crippen LogP contribution in [0.2, 0.25) is 0 Å². The Bertz CT molecular complexity index is 1130. The number of H-pyrrole nitrogens is 1. The van der Waals surface area contributed by atoms with E-state index in [0.717, 1.165) is 44.7 Å². The quantitative estimate of drug-likeness (QED) is 0.534. The van der Waals surface area contributed by atoms with E-state index in [0.29, 0.717) is 5.56 Å². The van der Waals surface area contributed by atoms with Crippen LogP contribution in [0.4, 0.5) is 0 Å². The number of ether oxygens (including phenoxy) is 2. The first-order chi connectivity index (χ1) is 13.2. The molecule has 4 rings (SSSR count). The predicted octanol–water partition coefficient (Wildman–Crippen LogP) is 5.39. The molecule has 27 heavy (non-hydrogen) atoms. The summed E-state index contributed by atoms with van der Waals surface area (Å²) in [5.74, 6) is 1.55. The van der Waals surface area contributed by atoms with Crippen molar-refractivity contribution in [3.63, 3.8) is 0 Å². The minimum atomic E-state index is 0.655. The lowest BCUT2D eigenvalue weighted by molar-refractivity contribution is 0.397. The van der Waals surface area contributed by atoms with Gasteiger partial charge in [-0.1, -0.05) is 36.4 Å². The Balaban J connectivity index is 1.77. The van der Waals surface area contributed by atoms with Crippen LogP contribution in [0.5, 0.6) is 11.5 Å². The molecule has 4 heteroatoms. The number of benzene rings is 3. The van der Waals surface area contributed by atoms with E-state index in [-0.39, 0.29) is 0 Å². The van der Waals surface area contributed by atoms with Crippen LogP contribution in [0.3, 0.4) is 0 Å². The minimum Gasteiger partial charge on any atom is -0.496 e. The van der Waals surface area contributed by atoms with Crippen molar-refractivity contribution in [3.05, 3.63) is 72.4 Å². The summed E-state index contributed by atoms with van der Waals surface area (Å²) in [5, 5.41) is 10.2. The Hall–Kier alpha value is -3.71. The van der Waals surface area contributed by atoms with Gasteiger partial charge >= 0.3 is 0 Å². The lowest BCUT2D eigenvalue weighted by Gasteiger charge is -2.13. The first kappa shape index (κ1) is 16.7. The highest BCUT2D eigenvalue weighted by Crippen LogP contribution is 2.39. The van der Waals surface area contributed by atoms with Gasteiger partial charge in [0.05, 0.1) is 25.3 Å². The zero-order chi connectivity index (χ0) is 18.8. The Morgan fingerprint density at radius 1 is 0.815 bits per heavy atom. The topological polar surface area (TPSA) is 58.0 Å². The van der Waals surface area contributed by atoms with Gasteiger partial charge in [-0.25, -0.2) is 0 Å². The monoisotopic (exact) mass is 354 g/mol. The van der Waals surface area contributed by atoms with Gasteiger partial charge < -0.3 is 14.5 Å². The average Bonchev–Trinajstić information content (AvgIpc) is 3.15. The van der Waals surface area contributed by atoms with Crippen molar-refractivity contribution >= 4 is 10.9 Å². The molecule has 0 aliphatic carbocycles. The maximum Gasteiger partial charge on any atom is 0.130 e. The molecule has 0 saturated heterocycles. The molecular formula is C23H18N2O2. The summed E-state index contributed by atoms with van der Waals surface area (Å²) in [7, 11) is 3.32. The number of nitrogens with one attached hydrogen (secondary N) is 1. The van der Waals surface area contributed by atoms with Crippen LogP contribution in [0.25, 0.3) is 33.2 Å². The van der Waals surface area contributed by atoms with Crippen molar-refractivity contribution in [2.24, 2.45) is 0 Å². The van der Waals surface area contributed by atoms with Crippen LogP contribution >= 0.6 is 0 Å². The Labute approximate surface area is 157 Å². The second kappa shape index (κ2) is 6.89. The fraction of sp³-hybridized carbons (Fsp3) is 0.0870. The summed E-state index contributed by atoms with van der Waals surface area (Å²) in [5.41, 5.74) is 5.72. The van der Waals surface area contributed by atoms with E-state index in [1.807, 2.05) is 30.3 Å². The molecular weight excluding hydrogens is 336 g/mol. The van der Waals surface area contributed by atoms with Crippen molar-refractivity contribution in [2.45, 2.75) is 0 Å². The third-order valence-corrected chi connectivity index (χ3v) is 4.74. The fourth-order valence-corrected chi connectivity index (χ4v) is 3.36. The van der Waals surface area contributed by atoms with Crippen LogP contribution in [0, 0.1) is 11.3 Å². The highest BCUT2D eigenvalue weighted by atomic mass is 16.5. The van der Waals surface area contributed by atoms with Gasteiger partial charge in [0, 0.05) is 17.1 Å².